The van der Waals surface area contributed by atoms with Gasteiger partial charge in [-0.25, -0.2) is 4.39 Å². The number of amides is 1. The minimum absolute atomic E-state index is 0.368. The Balaban J connectivity index is 2.12. The number of nitrogens with zero attached hydrogens (tertiary/aromatic N) is 2. The Kier molecular flexibility index (Phi) is 4.22. The largest absolute Gasteiger partial charge is 0.317 e. The van der Waals surface area contributed by atoms with Gasteiger partial charge in [0.2, 0.25) is 0 Å². The van der Waals surface area contributed by atoms with Crippen molar-refractivity contribution in [3.8, 4) is 0 Å². The van der Waals surface area contributed by atoms with E-state index in [1.807, 2.05) is 29.7 Å². The SMILES string of the molecule is CCn1c(=NC(=O)c2ccc(F)cc2)sc2cc(Br)ccc21. The summed E-state index contributed by atoms with van der Waals surface area (Å²) in [6.07, 6.45) is 0. The second-order valence-corrected chi connectivity index (χ2v) is 6.59. The van der Waals surface area contributed by atoms with E-state index in [1.165, 1.54) is 35.6 Å². The normalized spacial score (nSPS) is 12.0. The molecule has 0 saturated carbocycles. The molecule has 3 nitrogen and oxygen atoms in total. The minimum Gasteiger partial charge on any atom is -0.317 e. The summed E-state index contributed by atoms with van der Waals surface area (Å²) in [6.45, 7) is 2.73. The second-order valence-electron chi connectivity index (χ2n) is 4.66. The number of rotatable bonds is 2. The maximum absolute atomic E-state index is 12.9. The lowest BCUT2D eigenvalue weighted by atomic mass is 10.2. The van der Waals surface area contributed by atoms with Crippen molar-refractivity contribution in [2.75, 3.05) is 0 Å². The van der Waals surface area contributed by atoms with Crippen LogP contribution in [-0.2, 0) is 6.54 Å². The highest BCUT2D eigenvalue weighted by atomic mass is 79.9. The third-order valence-electron chi connectivity index (χ3n) is 3.25. The van der Waals surface area contributed by atoms with Crippen LogP contribution in [0.15, 0.2) is 51.9 Å². The first-order valence-corrected chi connectivity index (χ1v) is 8.33. The van der Waals surface area contributed by atoms with Crippen molar-refractivity contribution in [3.05, 3.63) is 63.1 Å². The number of carbonyl (C=O) groups is 1. The molecule has 0 radical (unpaired) electrons. The number of hydrogen-bond acceptors (Lipinski definition) is 2. The Bertz CT molecular complexity index is 912. The molecule has 22 heavy (non-hydrogen) atoms. The van der Waals surface area contributed by atoms with Crippen LogP contribution < -0.4 is 4.80 Å². The highest BCUT2D eigenvalue weighted by molar-refractivity contribution is 9.10. The van der Waals surface area contributed by atoms with Crippen molar-refractivity contribution in [3.63, 3.8) is 0 Å². The third-order valence-corrected chi connectivity index (χ3v) is 4.78. The molecule has 0 spiro atoms. The van der Waals surface area contributed by atoms with Crippen molar-refractivity contribution >= 4 is 43.4 Å². The van der Waals surface area contributed by atoms with Gasteiger partial charge in [0.1, 0.15) is 5.82 Å². The zero-order valence-electron chi connectivity index (χ0n) is 11.7. The molecule has 0 atom stereocenters. The van der Waals surface area contributed by atoms with Crippen LogP contribution in [0.25, 0.3) is 10.2 Å². The van der Waals surface area contributed by atoms with Crippen LogP contribution in [0, 0.1) is 5.82 Å². The summed E-state index contributed by atoms with van der Waals surface area (Å²) in [6, 6.07) is 11.4. The maximum Gasteiger partial charge on any atom is 0.279 e. The van der Waals surface area contributed by atoms with Gasteiger partial charge in [-0.05, 0) is 49.4 Å². The van der Waals surface area contributed by atoms with Gasteiger partial charge in [-0.2, -0.15) is 4.99 Å². The molecule has 0 N–H and O–H groups in total. The van der Waals surface area contributed by atoms with Gasteiger partial charge < -0.3 is 4.57 Å². The first-order valence-electron chi connectivity index (χ1n) is 6.72. The number of halogens is 2. The molecule has 0 bridgehead atoms. The van der Waals surface area contributed by atoms with Gasteiger partial charge in [0.05, 0.1) is 10.2 Å². The molecule has 2 aromatic carbocycles. The number of aryl methyl sites for hydroxylation is 1. The first kappa shape index (κ1) is 15.1. The Morgan fingerprint density at radius 1 is 1.27 bits per heavy atom. The van der Waals surface area contributed by atoms with Crippen molar-refractivity contribution in [2.24, 2.45) is 4.99 Å². The summed E-state index contributed by atoms with van der Waals surface area (Å²) in [7, 11) is 0. The molecular weight excluding hydrogens is 367 g/mol. The van der Waals surface area contributed by atoms with E-state index in [0.717, 1.165) is 21.2 Å². The lowest BCUT2D eigenvalue weighted by molar-refractivity contribution is 0.0998. The molecule has 0 aliphatic heterocycles. The molecule has 0 saturated heterocycles. The van der Waals surface area contributed by atoms with Crippen LogP contribution in [0.4, 0.5) is 4.39 Å². The van der Waals surface area contributed by atoms with Crippen LogP contribution in [-0.4, -0.2) is 10.5 Å². The molecule has 0 unspecified atom stereocenters. The number of thiazole rings is 1. The number of benzene rings is 2. The van der Waals surface area contributed by atoms with Crippen LogP contribution in [0.5, 0.6) is 0 Å². The fourth-order valence-electron chi connectivity index (χ4n) is 2.18. The summed E-state index contributed by atoms with van der Waals surface area (Å²) in [5, 5.41) is 0. The molecule has 1 amide bonds. The topological polar surface area (TPSA) is 34.4 Å². The van der Waals surface area contributed by atoms with Crippen LogP contribution in [0.2, 0.25) is 0 Å². The minimum atomic E-state index is -0.369. The highest BCUT2D eigenvalue weighted by Gasteiger charge is 2.08. The second kappa shape index (κ2) is 6.14. The molecule has 3 aromatic rings. The predicted molar refractivity (Wildman–Crippen MR) is 89.5 cm³/mol. The molecule has 0 aliphatic rings. The van der Waals surface area contributed by atoms with Crippen molar-refractivity contribution in [1.82, 2.24) is 4.57 Å². The number of hydrogen-bond donors (Lipinski definition) is 0. The van der Waals surface area contributed by atoms with Gasteiger partial charge in [0, 0.05) is 16.6 Å². The summed E-state index contributed by atoms with van der Waals surface area (Å²) in [5.41, 5.74) is 1.42. The van der Waals surface area contributed by atoms with E-state index in [4.69, 9.17) is 0 Å². The number of carbonyl (C=O) groups excluding carboxylic acids is 1. The van der Waals surface area contributed by atoms with Gasteiger partial charge in [0.25, 0.3) is 5.91 Å². The average Bonchev–Trinajstić information content (AvgIpc) is 2.83. The zero-order valence-corrected chi connectivity index (χ0v) is 14.1. The lowest BCUT2D eigenvalue weighted by Gasteiger charge is -2.00. The molecule has 112 valence electrons. The molecular formula is C16H12BrFN2OS. The fraction of sp³-hybridized carbons (Fsp3) is 0.125. The molecule has 6 heteroatoms. The lowest BCUT2D eigenvalue weighted by Crippen LogP contribution is -2.15. The maximum atomic E-state index is 12.9. The molecule has 1 aromatic heterocycles. The van der Waals surface area contributed by atoms with Gasteiger partial charge in [-0.3, -0.25) is 4.79 Å². The Morgan fingerprint density at radius 3 is 2.68 bits per heavy atom. The highest BCUT2D eigenvalue weighted by Crippen LogP contribution is 2.22. The summed E-state index contributed by atoms with van der Waals surface area (Å²) >= 11 is 4.91. The van der Waals surface area contributed by atoms with E-state index >= 15 is 0 Å². The molecule has 3 rings (SSSR count). The van der Waals surface area contributed by atoms with Gasteiger partial charge in [0.15, 0.2) is 4.80 Å². The predicted octanol–water partition coefficient (Wildman–Crippen LogP) is 4.37. The van der Waals surface area contributed by atoms with E-state index in [2.05, 4.69) is 20.9 Å². The van der Waals surface area contributed by atoms with E-state index in [-0.39, 0.29) is 11.7 Å². The first-order chi connectivity index (χ1) is 10.6. The molecule has 0 aliphatic carbocycles. The van der Waals surface area contributed by atoms with E-state index in [9.17, 15) is 9.18 Å². The van der Waals surface area contributed by atoms with E-state index in [1.54, 1.807) is 0 Å². The molecule has 1 heterocycles. The van der Waals surface area contributed by atoms with Gasteiger partial charge >= 0.3 is 0 Å². The fourth-order valence-corrected chi connectivity index (χ4v) is 3.83. The van der Waals surface area contributed by atoms with Crippen molar-refractivity contribution in [2.45, 2.75) is 13.5 Å². The quantitative estimate of drug-likeness (QED) is 0.651. The summed E-state index contributed by atoms with van der Waals surface area (Å²) in [4.78, 5) is 17.1. The Labute approximate surface area is 138 Å². The number of fused-ring (bicyclic) bond motifs is 1. The molecule has 0 fully saturated rings. The van der Waals surface area contributed by atoms with Crippen LogP contribution in [0.3, 0.4) is 0 Å². The van der Waals surface area contributed by atoms with Crippen molar-refractivity contribution < 1.29 is 9.18 Å². The van der Waals surface area contributed by atoms with Gasteiger partial charge in [-0.15, -0.1) is 0 Å². The Morgan fingerprint density at radius 2 is 2.00 bits per heavy atom. The summed E-state index contributed by atoms with van der Waals surface area (Å²) < 4.78 is 17.0. The average molecular weight is 379 g/mol. The van der Waals surface area contributed by atoms with Crippen LogP contribution in [0.1, 0.15) is 17.3 Å². The summed E-state index contributed by atoms with van der Waals surface area (Å²) in [5.74, 6) is -0.736. The van der Waals surface area contributed by atoms with Crippen LogP contribution >= 0.6 is 27.3 Å². The van der Waals surface area contributed by atoms with Crippen molar-refractivity contribution in [1.29, 1.82) is 0 Å². The van der Waals surface area contributed by atoms with Gasteiger partial charge in [-0.1, -0.05) is 27.3 Å². The zero-order chi connectivity index (χ0) is 15.7. The Hall–Kier alpha value is -1.79. The van der Waals surface area contributed by atoms with E-state index in [0.29, 0.717) is 10.4 Å². The monoisotopic (exact) mass is 378 g/mol. The standard InChI is InChI=1S/C16H12BrFN2OS/c1-2-20-13-8-5-11(17)9-14(13)22-16(20)19-15(21)10-3-6-12(18)7-4-10/h3-9H,2H2,1H3. The number of aromatic nitrogens is 1. The third kappa shape index (κ3) is 2.89. The van der Waals surface area contributed by atoms with E-state index < -0.39 is 0 Å². The smallest absolute Gasteiger partial charge is 0.279 e.